The van der Waals surface area contributed by atoms with Crippen LogP contribution in [-0.2, 0) is 9.59 Å². The summed E-state index contributed by atoms with van der Waals surface area (Å²) in [6, 6.07) is 1.01. The molecule has 0 saturated carbocycles. The van der Waals surface area contributed by atoms with Gasteiger partial charge in [-0.15, -0.1) is 0 Å². The maximum Gasteiger partial charge on any atom is 0.241 e. The molecule has 0 spiro atoms. The van der Waals surface area contributed by atoms with Crippen LogP contribution in [0.15, 0.2) is 12.1 Å². The van der Waals surface area contributed by atoms with Gasteiger partial charge in [0.15, 0.2) is 5.82 Å². The fourth-order valence-electron chi connectivity index (χ4n) is 1.30. The molecular formula is C11H13F2N3O2. The maximum absolute atomic E-state index is 13.6. The molecule has 1 unspecified atom stereocenters. The lowest BCUT2D eigenvalue weighted by molar-refractivity contribution is -0.123. The lowest BCUT2D eigenvalue weighted by Gasteiger charge is -2.12. The Balaban J connectivity index is 2.88. The smallest absolute Gasteiger partial charge is 0.241 e. The molecule has 7 heteroatoms. The van der Waals surface area contributed by atoms with Crippen LogP contribution >= 0.6 is 0 Å². The van der Waals surface area contributed by atoms with Gasteiger partial charge >= 0.3 is 0 Å². The molecule has 0 heterocycles. The van der Waals surface area contributed by atoms with Crippen LogP contribution in [-0.4, -0.2) is 17.9 Å². The van der Waals surface area contributed by atoms with Crippen molar-refractivity contribution in [1.29, 1.82) is 0 Å². The fourth-order valence-corrected chi connectivity index (χ4v) is 1.30. The highest BCUT2D eigenvalue weighted by Crippen LogP contribution is 2.21. The van der Waals surface area contributed by atoms with Crippen molar-refractivity contribution in [3.63, 3.8) is 0 Å². The quantitative estimate of drug-likeness (QED) is 0.728. The van der Waals surface area contributed by atoms with Crippen LogP contribution in [0.25, 0.3) is 0 Å². The molecule has 2 amide bonds. The average molecular weight is 257 g/mol. The van der Waals surface area contributed by atoms with Crippen LogP contribution in [0.4, 0.5) is 14.5 Å². The molecule has 0 aromatic heterocycles. The number of carbonyl (C=O) groups is 2. The fraction of sp³-hybridized carbons (Fsp3) is 0.273. The van der Waals surface area contributed by atoms with Gasteiger partial charge in [0.1, 0.15) is 11.5 Å². The van der Waals surface area contributed by atoms with E-state index in [2.05, 4.69) is 0 Å². The zero-order valence-electron chi connectivity index (χ0n) is 9.67. The number of carbonyl (C=O) groups excluding carboxylic acids is 2. The molecular weight excluding hydrogens is 244 g/mol. The van der Waals surface area contributed by atoms with Crippen LogP contribution in [0.5, 0.6) is 0 Å². The largest absolute Gasteiger partial charge is 0.370 e. The van der Waals surface area contributed by atoms with Crippen molar-refractivity contribution in [3.05, 3.63) is 29.3 Å². The van der Waals surface area contributed by atoms with Gasteiger partial charge in [0.25, 0.3) is 0 Å². The molecule has 1 rings (SSSR count). The number of nitrogens with one attached hydrogen (secondary N) is 1. The highest BCUT2D eigenvalue weighted by molar-refractivity contribution is 5.97. The Kier molecular flexibility index (Phi) is 4.33. The van der Waals surface area contributed by atoms with E-state index in [1.165, 1.54) is 13.0 Å². The van der Waals surface area contributed by atoms with Crippen molar-refractivity contribution in [3.8, 4) is 0 Å². The predicted molar refractivity (Wildman–Crippen MR) is 61.5 cm³/mol. The minimum Gasteiger partial charge on any atom is -0.370 e. The van der Waals surface area contributed by atoms with E-state index in [1.807, 2.05) is 5.32 Å². The Labute approximate surface area is 102 Å². The minimum atomic E-state index is -1.25. The predicted octanol–water partition coefficient (Wildman–Crippen LogP) is 0.414. The molecule has 1 aromatic rings. The second kappa shape index (κ2) is 5.54. The molecule has 5 nitrogen and oxygen atoms in total. The summed E-state index contributed by atoms with van der Waals surface area (Å²) >= 11 is 0. The van der Waals surface area contributed by atoms with Gasteiger partial charge in [0, 0.05) is 0 Å². The Hall–Kier alpha value is -2.02. The summed E-state index contributed by atoms with van der Waals surface area (Å²) in [6.45, 7) is 1.42. The van der Waals surface area contributed by atoms with Crippen molar-refractivity contribution in [2.24, 2.45) is 11.5 Å². The SMILES string of the molecule is Cc1ccc(F)c(NC(=O)C(N)CC(N)=O)c1F. The second-order valence-corrected chi connectivity index (χ2v) is 3.82. The van der Waals surface area contributed by atoms with Gasteiger partial charge in [-0.1, -0.05) is 6.07 Å². The molecule has 1 atom stereocenters. The summed E-state index contributed by atoms with van der Waals surface area (Å²) in [5.41, 5.74) is 9.80. The van der Waals surface area contributed by atoms with E-state index >= 15 is 0 Å². The van der Waals surface area contributed by atoms with E-state index in [9.17, 15) is 18.4 Å². The first-order valence-electron chi connectivity index (χ1n) is 5.12. The Bertz CT molecular complexity index is 491. The van der Waals surface area contributed by atoms with Crippen molar-refractivity contribution >= 4 is 17.5 Å². The van der Waals surface area contributed by atoms with Crippen LogP contribution < -0.4 is 16.8 Å². The van der Waals surface area contributed by atoms with Crippen molar-refractivity contribution in [2.45, 2.75) is 19.4 Å². The molecule has 0 saturated heterocycles. The summed E-state index contributed by atoms with van der Waals surface area (Å²) in [6.07, 6.45) is -0.402. The van der Waals surface area contributed by atoms with Gasteiger partial charge in [0.05, 0.1) is 12.5 Å². The van der Waals surface area contributed by atoms with Crippen LogP contribution in [0.2, 0.25) is 0 Å². The molecule has 0 bridgehead atoms. The zero-order valence-corrected chi connectivity index (χ0v) is 9.67. The lowest BCUT2D eigenvalue weighted by Crippen LogP contribution is -2.39. The first-order valence-corrected chi connectivity index (χ1v) is 5.12. The van der Waals surface area contributed by atoms with Gasteiger partial charge < -0.3 is 16.8 Å². The Morgan fingerprint density at radius 1 is 1.39 bits per heavy atom. The van der Waals surface area contributed by atoms with Crippen molar-refractivity contribution in [1.82, 2.24) is 0 Å². The zero-order chi connectivity index (χ0) is 13.9. The minimum absolute atomic E-state index is 0.176. The number of hydrogen-bond acceptors (Lipinski definition) is 3. The topological polar surface area (TPSA) is 98.2 Å². The molecule has 0 fully saturated rings. The number of anilines is 1. The first-order chi connectivity index (χ1) is 8.32. The highest BCUT2D eigenvalue weighted by Gasteiger charge is 2.20. The van der Waals surface area contributed by atoms with E-state index in [0.29, 0.717) is 0 Å². The third kappa shape index (κ3) is 3.24. The standard InChI is InChI=1S/C11H13F2N3O2/c1-5-2-3-6(12)10(9(5)13)16-11(18)7(14)4-8(15)17/h2-3,7H,4,14H2,1H3,(H2,15,17)(H,16,18). The summed E-state index contributed by atoms with van der Waals surface area (Å²) < 4.78 is 26.9. The van der Waals surface area contributed by atoms with E-state index in [1.54, 1.807) is 0 Å². The number of nitrogens with two attached hydrogens (primary N) is 2. The molecule has 5 N–H and O–H groups in total. The van der Waals surface area contributed by atoms with Crippen LogP contribution in [0, 0.1) is 18.6 Å². The Morgan fingerprint density at radius 3 is 2.56 bits per heavy atom. The van der Waals surface area contributed by atoms with E-state index in [0.717, 1.165) is 6.07 Å². The Morgan fingerprint density at radius 2 is 2.00 bits per heavy atom. The van der Waals surface area contributed by atoms with E-state index in [4.69, 9.17) is 11.5 Å². The summed E-state index contributed by atoms with van der Waals surface area (Å²) in [4.78, 5) is 22.1. The second-order valence-electron chi connectivity index (χ2n) is 3.82. The number of hydrogen-bond donors (Lipinski definition) is 3. The van der Waals surface area contributed by atoms with Gasteiger partial charge in [-0.05, 0) is 18.6 Å². The number of halogens is 2. The summed E-state index contributed by atoms with van der Waals surface area (Å²) in [5, 5.41) is 2.00. The summed E-state index contributed by atoms with van der Waals surface area (Å²) in [7, 11) is 0. The molecule has 0 aliphatic carbocycles. The third-order valence-electron chi connectivity index (χ3n) is 2.29. The average Bonchev–Trinajstić information content (AvgIpc) is 2.28. The molecule has 0 aliphatic heterocycles. The van der Waals surface area contributed by atoms with Crippen LogP contribution in [0.3, 0.4) is 0 Å². The monoisotopic (exact) mass is 257 g/mol. The number of benzene rings is 1. The lowest BCUT2D eigenvalue weighted by atomic mass is 10.1. The maximum atomic E-state index is 13.6. The molecule has 98 valence electrons. The van der Waals surface area contributed by atoms with Gasteiger partial charge in [-0.2, -0.15) is 0 Å². The molecule has 0 radical (unpaired) electrons. The highest BCUT2D eigenvalue weighted by atomic mass is 19.1. The summed E-state index contributed by atoms with van der Waals surface area (Å²) in [5.74, 6) is -3.45. The van der Waals surface area contributed by atoms with Crippen molar-refractivity contribution in [2.75, 3.05) is 5.32 Å². The third-order valence-corrected chi connectivity index (χ3v) is 2.29. The molecule has 0 aliphatic rings. The number of aryl methyl sites for hydroxylation is 1. The molecule has 18 heavy (non-hydrogen) atoms. The number of rotatable bonds is 4. The molecule has 1 aromatic carbocycles. The van der Waals surface area contributed by atoms with Crippen molar-refractivity contribution < 1.29 is 18.4 Å². The van der Waals surface area contributed by atoms with Gasteiger partial charge in [-0.25, -0.2) is 8.78 Å². The van der Waals surface area contributed by atoms with Gasteiger partial charge in [-0.3, -0.25) is 9.59 Å². The van der Waals surface area contributed by atoms with E-state index in [-0.39, 0.29) is 5.56 Å². The van der Waals surface area contributed by atoms with Crippen LogP contribution in [0.1, 0.15) is 12.0 Å². The number of primary amides is 1. The van der Waals surface area contributed by atoms with Gasteiger partial charge in [0.2, 0.25) is 11.8 Å². The van der Waals surface area contributed by atoms with E-state index < -0.39 is 41.6 Å². The first kappa shape index (κ1) is 14.0. The number of amides is 2. The normalized spacial score (nSPS) is 12.0.